The number of ketones is 1. The summed E-state index contributed by atoms with van der Waals surface area (Å²) in [5.74, 6) is -7.30. The summed E-state index contributed by atoms with van der Waals surface area (Å²) in [5, 5.41) is 27.0. The normalized spacial score (nSPS) is 23.1. The van der Waals surface area contributed by atoms with E-state index in [-0.39, 0.29) is 74.2 Å². The Hall–Kier alpha value is -5.21. The molecular weight excluding hydrogens is 718 g/mol. The number of benzene rings is 2. The zero-order valence-electron chi connectivity index (χ0n) is 31.5. The maximum Gasteiger partial charge on any atom is 0.305 e. The van der Waals surface area contributed by atoms with E-state index in [0.717, 1.165) is 0 Å². The zero-order valence-corrected chi connectivity index (χ0v) is 31.5. The largest absolute Gasteiger partial charge is 0.481 e. The van der Waals surface area contributed by atoms with Crippen molar-refractivity contribution in [1.29, 1.82) is 0 Å². The van der Waals surface area contributed by atoms with E-state index < -0.39 is 88.6 Å². The Kier molecular flexibility index (Phi) is 11.8. The van der Waals surface area contributed by atoms with Gasteiger partial charge in [-0.2, -0.15) is 0 Å². The van der Waals surface area contributed by atoms with Crippen molar-refractivity contribution in [3.05, 3.63) is 64.2 Å². The molecule has 0 spiro atoms. The van der Waals surface area contributed by atoms with E-state index in [1.165, 1.54) is 29.2 Å². The Bertz CT molecular complexity index is 1920. The predicted molar refractivity (Wildman–Crippen MR) is 195 cm³/mol. The summed E-state index contributed by atoms with van der Waals surface area (Å²) in [4.78, 5) is 92.0. The number of nitrogens with one attached hydrogen (secondary N) is 3. The van der Waals surface area contributed by atoms with Crippen LogP contribution in [0.1, 0.15) is 94.5 Å². The lowest BCUT2D eigenvalue weighted by Gasteiger charge is -2.39. The van der Waals surface area contributed by atoms with Crippen LogP contribution in [0.4, 0.5) is 14.5 Å². The molecule has 5 rings (SSSR count). The summed E-state index contributed by atoms with van der Waals surface area (Å²) in [6.07, 6.45) is -0.408. The van der Waals surface area contributed by atoms with Gasteiger partial charge < -0.3 is 35.9 Å². The van der Waals surface area contributed by atoms with E-state index in [1.54, 1.807) is 40.7 Å². The van der Waals surface area contributed by atoms with Crippen LogP contribution in [0.15, 0.2) is 30.3 Å². The van der Waals surface area contributed by atoms with E-state index in [1.807, 2.05) is 0 Å². The predicted octanol–water partition coefficient (Wildman–Crippen LogP) is 3.99. The van der Waals surface area contributed by atoms with E-state index in [2.05, 4.69) is 16.0 Å². The monoisotopic (exact) mass is 766 g/mol. The molecule has 3 amide bonds. The second kappa shape index (κ2) is 15.9. The maximum absolute atomic E-state index is 15.3. The summed E-state index contributed by atoms with van der Waals surface area (Å²) < 4.78 is 29.5. The van der Waals surface area contributed by atoms with E-state index in [0.29, 0.717) is 16.8 Å². The molecule has 2 heterocycles. The van der Waals surface area contributed by atoms with Crippen LogP contribution >= 0.6 is 0 Å². The smallest absolute Gasteiger partial charge is 0.305 e. The van der Waals surface area contributed by atoms with E-state index >= 15 is 4.39 Å². The van der Waals surface area contributed by atoms with Gasteiger partial charge in [-0.15, -0.1) is 0 Å². The lowest BCUT2D eigenvalue weighted by molar-refractivity contribution is -0.147. The molecule has 6 atom stereocenters. The number of carbonyl (C=O) groups excluding carboxylic acids is 5. The van der Waals surface area contributed by atoms with Crippen LogP contribution in [-0.2, 0) is 45.4 Å². The Balaban J connectivity index is 1.37. The highest BCUT2D eigenvalue weighted by molar-refractivity contribution is 6.00. The first-order chi connectivity index (χ1) is 25.8. The van der Waals surface area contributed by atoms with Gasteiger partial charge in [-0.1, -0.05) is 39.8 Å². The number of rotatable bonds is 16. The molecule has 2 aliphatic heterocycles. The highest BCUT2D eigenvalue weighted by atomic mass is 19.1. The Morgan fingerprint density at radius 3 is 2.36 bits per heavy atom. The third-order valence-electron chi connectivity index (χ3n) is 11.5. The number of fused-ring (bicyclic) bond motifs is 2. The first kappa shape index (κ1) is 41.0. The zero-order chi connectivity index (χ0) is 40.6. The lowest BCUT2D eigenvalue weighted by atomic mass is 9.80. The third kappa shape index (κ3) is 8.25. The molecule has 296 valence electrons. The van der Waals surface area contributed by atoms with Crippen LogP contribution in [0.25, 0.3) is 0 Å². The fraction of sp³-hybridized carbons (Fsp3) is 0.525. The van der Waals surface area contributed by atoms with Crippen LogP contribution in [0.3, 0.4) is 0 Å². The number of hydrogen-bond donors (Lipinski definition) is 5. The molecule has 13 nitrogen and oxygen atoms in total. The molecule has 2 aromatic carbocycles. The van der Waals surface area contributed by atoms with Crippen molar-refractivity contribution in [1.82, 2.24) is 15.5 Å². The van der Waals surface area contributed by atoms with Gasteiger partial charge in [0.05, 0.1) is 12.5 Å². The number of aldehydes is 1. The SMILES string of the molecule is Cc1ccc2c(c1F)CCN(C(=O)[C@@H](CCC(=O)C1(NC(=O)[C@H]3Nc4ccc(F)cc4C3(C)C)CC1CCC(=O)O)C(C)C)C2C(=O)N[C@H](C=O)CC(=O)O. The minimum atomic E-state index is -1.40. The van der Waals surface area contributed by atoms with E-state index in [4.69, 9.17) is 0 Å². The molecule has 15 heteroatoms. The Morgan fingerprint density at radius 1 is 1.02 bits per heavy atom. The second-order valence-electron chi connectivity index (χ2n) is 15.9. The average Bonchev–Trinajstić information content (AvgIpc) is 3.75. The number of anilines is 1. The second-order valence-corrected chi connectivity index (χ2v) is 15.9. The fourth-order valence-corrected chi connectivity index (χ4v) is 8.25. The van der Waals surface area contributed by atoms with Crippen molar-refractivity contribution in [2.24, 2.45) is 17.8 Å². The van der Waals surface area contributed by atoms with Crippen molar-refractivity contribution in [3.8, 4) is 0 Å². The van der Waals surface area contributed by atoms with Gasteiger partial charge in [0.25, 0.3) is 0 Å². The fourth-order valence-electron chi connectivity index (χ4n) is 8.25. The minimum Gasteiger partial charge on any atom is -0.481 e. The van der Waals surface area contributed by atoms with Gasteiger partial charge in [0.1, 0.15) is 35.5 Å². The standard InChI is InChI=1S/C40H48F2N4O9/c1-20(2)25(38(55)46-15-14-26-27(9-6-21(3)33(26)42)34(46)36(53)43-24(19-47)17-32(51)52)10-12-30(48)40(18-22(40)7-13-31(49)50)45-37(54)35-39(4,5)28-16-23(41)8-11-29(28)44-35/h6,8-9,11,16,19-20,22,24-25,34-35,44H,7,10,12-15,17-18H2,1-5H3,(H,43,53)(H,45,54)(H,49,50)(H,51,52)/t22?,24-,25-,34?,35+,40?/m0/s1. The van der Waals surface area contributed by atoms with Crippen molar-refractivity contribution >= 4 is 47.4 Å². The summed E-state index contributed by atoms with van der Waals surface area (Å²) in [6.45, 7) is 8.61. The number of aliphatic carboxylic acids is 2. The molecule has 0 saturated heterocycles. The molecule has 1 fully saturated rings. The first-order valence-corrected chi connectivity index (χ1v) is 18.5. The Morgan fingerprint density at radius 2 is 1.73 bits per heavy atom. The van der Waals surface area contributed by atoms with Crippen LogP contribution in [0.2, 0.25) is 0 Å². The lowest BCUT2D eigenvalue weighted by Crippen LogP contribution is -2.54. The van der Waals surface area contributed by atoms with Crippen molar-refractivity contribution in [2.45, 2.75) is 109 Å². The number of nitrogens with zero attached hydrogens (tertiary/aromatic N) is 1. The van der Waals surface area contributed by atoms with Gasteiger partial charge in [-0.3, -0.25) is 28.8 Å². The van der Waals surface area contributed by atoms with Crippen molar-refractivity contribution < 1.29 is 52.6 Å². The number of aryl methyl sites for hydroxylation is 1. The number of Topliss-reactive ketones (excluding diaryl/α,β-unsaturated/α-hetero) is 1. The molecule has 0 aromatic heterocycles. The highest BCUT2D eigenvalue weighted by Crippen LogP contribution is 2.50. The molecule has 55 heavy (non-hydrogen) atoms. The van der Waals surface area contributed by atoms with Gasteiger partial charge in [-0.05, 0) is 84.9 Å². The molecule has 3 aliphatic rings. The van der Waals surface area contributed by atoms with Gasteiger partial charge in [0.15, 0.2) is 5.78 Å². The van der Waals surface area contributed by atoms with Crippen LogP contribution in [0.5, 0.6) is 0 Å². The Labute approximate surface area is 317 Å². The summed E-state index contributed by atoms with van der Waals surface area (Å²) in [6, 6.07) is 3.52. The number of carboxylic acids is 2. The number of carboxylic acid groups (broad SMARTS) is 2. The van der Waals surface area contributed by atoms with Gasteiger partial charge in [-0.25, -0.2) is 8.78 Å². The molecule has 0 bridgehead atoms. The maximum atomic E-state index is 15.3. The van der Waals surface area contributed by atoms with E-state index in [9.17, 15) is 48.2 Å². The molecule has 5 N–H and O–H groups in total. The van der Waals surface area contributed by atoms with Crippen LogP contribution < -0.4 is 16.0 Å². The first-order valence-electron chi connectivity index (χ1n) is 18.5. The number of amides is 3. The topological polar surface area (TPSA) is 199 Å². The van der Waals surface area contributed by atoms with Gasteiger partial charge >= 0.3 is 11.9 Å². The molecular formula is C40H48F2N4O9. The average molecular weight is 767 g/mol. The molecule has 0 radical (unpaired) electrons. The van der Waals surface area contributed by atoms with Crippen molar-refractivity contribution in [2.75, 3.05) is 11.9 Å². The molecule has 1 saturated carbocycles. The van der Waals surface area contributed by atoms with Crippen molar-refractivity contribution in [3.63, 3.8) is 0 Å². The minimum absolute atomic E-state index is 0.00638. The molecule has 1 aliphatic carbocycles. The quantitative estimate of drug-likeness (QED) is 0.156. The number of halogens is 2. The highest BCUT2D eigenvalue weighted by Gasteiger charge is 2.61. The van der Waals surface area contributed by atoms with Gasteiger partial charge in [0.2, 0.25) is 17.7 Å². The number of hydrogen-bond acceptors (Lipinski definition) is 8. The van der Waals surface area contributed by atoms with Gasteiger partial charge in [0, 0.05) is 36.4 Å². The molecule has 2 aromatic rings. The van der Waals surface area contributed by atoms with Crippen LogP contribution in [-0.4, -0.2) is 81.0 Å². The number of carbonyl (C=O) groups is 7. The molecule has 3 unspecified atom stereocenters. The summed E-state index contributed by atoms with van der Waals surface area (Å²) in [7, 11) is 0. The van der Waals surface area contributed by atoms with Crippen LogP contribution in [0, 0.1) is 36.3 Å². The summed E-state index contributed by atoms with van der Waals surface area (Å²) in [5.41, 5.74) is -0.299. The third-order valence-corrected chi connectivity index (χ3v) is 11.5. The summed E-state index contributed by atoms with van der Waals surface area (Å²) >= 11 is 0.